The van der Waals surface area contributed by atoms with Crippen LogP contribution in [0.3, 0.4) is 0 Å². The Morgan fingerprint density at radius 3 is 2.36 bits per heavy atom. The van der Waals surface area contributed by atoms with Gasteiger partial charge in [0.15, 0.2) is 0 Å². The first-order valence-corrected chi connectivity index (χ1v) is 9.86. The Hall–Kier alpha value is -2.53. The van der Waals surface area contributed by atoms with Crippen molar-refractivity contribution >= 4 is 12.0 Å². The number of aldehydes is 1. The van der Waals surface area contributed by atoms with Gasteiger partial charge in [-0.2, -0.15) is 0 Å². The molecule has 28 heavy (non-hydrogen) atoms. The van der Waals surface area contributed by atoms with E-state index in [1.165, 1.54) is 16.8 Å². The van der Waals surface area contributed by atoms with Crippen LogP contribution in [0.5, 0.6) is 11.5 Å². The monoisotopic (exact) mass is 383 g/mol. The van der Waals surface area contributed by atoms with E-state index < -0.39 is 0 Å². The molecule has 1 heterocycles. The standard InChI is InChI=1S/C23H30N2O3/c1-16-13-22(17(2)12-19(16)15-26)25-10-8-24(9-11-25)18(3)21-7-6-20(27-4)14-23(21)28-5/h6-7,12-15,18H,8-11H2,1-5H3/p+1/t18-/m0/s1. The highest BCUT2D eigenvalue weighted by molar-refractivity contribution is 5.79. The van der Waals surface area contributed by atoms with Crippen molar-refractivity contribution in [3.8, 4) is 11.5 Å². The molecule has 0 aliphatic carbocycles. The van der Waals surface area contributed by atoms with Gasteiger partial charge in [0.05, 0.1) is 46.0 Å². The van der Waals surface area contributed by atoms with Crippen molar-refractivity contribution < 1.29 is 19.2 Å². The highest BCUT2D eigenvalue weighted by Gasteiger charge is 2.28. The molecular formula is C23H31N2O3+. The lowest BCUT2D eigenvalue weighted by atomic mass is 10.0. The highest BCUT2D eigenvalue weighted by Crippen LogP contribution is 2.29. The van der Waals surface area contributed by atoms with E-state index in [0.717, 1.165) is 55.1 Å². The van der Waals surface area contributed by atoms with E-state index in [4.69, 9.17) is 9.47 Å². The van der Waals surface area contributed by atoms with Crippen LogP contribution < -0.4 is 19.3 Å². The van der Waals surface area contributed by atoms with Crippen LogP contribution in [-0.4, -0.2) is 46.7 Å². The third kappa shape index (κ3) is 3.99. The van der Waals surface area contributed by atoms with Gasteiger partial charge in [-0.1, -0.05) is 0 Å². The number of nitrogens with zero attached hydrogens (tertiary/aromatic N) is 1. The van der Waals surface area contributed by atoms with Gasteiger partial charge in [-0.3, -0.25) is 4.79 Å². The van der Waals surface area contributed by atoms with E-state index in [2.05, 4.69) is 30.9 Å². The molecule has 1 atom stereocenters. The zero-order chi connectivity index (χ0) is 20.3. The third-order valence-electron chi connectivity index (χ3n) is 5.98. The summed E-state index contributed by atoms with van der Waals surface area (Å²) in [6.07, 6.45) is 0.943. The topological polar surface area (TPSA) is 43.2 Å². The van der Waals surface area contributed by atoms with Crippen LogP contribution in [-0.2, 0) is 0 Å². The Labute approximate surface area is 167 Å². The van der Waals surface area contributed by atoms with Crippen molar-refractivity contribution in [2.75, 3.05) is 45.3 Å². The van der Waals surface area contributed by atoms with Crippen molar-refractivity contribution in [2.24, 2.45) is 0 Å². The maximum Gasteiger partial charge on any atom is 0.150 e. The predicted octanol–water partition coefficient (Wildman–Crippen LogP) is 2.60. The first-order valence-electron chi connectivity index (χ1n) is 9.86. The van der Waals surface area contributed by atoms with Crippen molar-refractivity contribution in [3.63, 3.8) is 0 Å². The number of carbonyl (C=O) groups is 1. The Morgan fingerprint density at radius 1 is 1.04 bits per heavy atom. The molecule has 0 radical (unpaired) electrons. The van der Waals surface area contributed by atoms with Crippen molar-refractivity contribution in [1.82, 2.24) is 0 Å². The van der Waals surface area contributed by atoms with Gasteiger partial charge in [0.1, 0.15) is 23.8 Å². The normalized spacial score (nSPS) is 16.0. The van der Waals surface area contributed by atoms with Crippen LogP contribution in [0.4, 0.5) is 5.69 Å². The van der Waals surface area contributed by atoms with E-state index >= 15 is 0 Å². The van der Waals surface area contributed by atoms with Crippen LogP contribution in [0.25, 0.3) is 0 Å². The van der Waals surface area contributed by atoms with E-state index in [9.17, 15) is 4.79 Å². The lowest BCUT2D eigenvalue weighted by Crippen LogP contribution is -3.14. The fraction of sp³-hybridized carbons (Fsp3) is 0.435. The zero-order valence-electron chi connectivity index (χ0n) is 17.5. The molecule has 3 rings (SSSR count). The second kappa shape index (κ2) is 8.65. The lowest BCUT2D eigenvalue weighted by molar-refractivity contribution is -0.930. The Kier molecular flexibility index (Phi) is 6.25. The van der Waals surface area contributed by atoms with Gasteiger partial charge < -0.3 is 19.3 Å². The number of anilines is 1. The fourth-order valence-corrected chi connectivity index (χ4v) is 4.15. The average molecular weight is 384 g/mol. The molecule has 1 aliphatic rings. The van der Waals surface area contributed by atoms with Crippen LogP contribution in [0, 0.1) is 13.8 Å². The molecule has 0 bridgehead atoms. The lowest BCUT2D eigenvalue weighted by Gasteiger charge is -2.37. The van der Waals surface area contributed by atoms with Gasteiger partial charge in [-0.25, -0.2) is 0 Å². The van der Waals surface area contributed by atoms with Crippen molar-refractivity contribution in [3.05, 3.63) is 52.6 Å². The summed E-state index contributed by atoms with van der Waals surface area (Å²) in [7, 11) is 3.39. The Balaban J connectivity index is 1.72. The van der Waals surface area contributed by atoms with Crippen LogP contribution in [0.1, 0.15) is 40.0 Å². The van der Waals surface area contributed by atoms with E-state index in [-0.39, 0.29) is 0 Å². The largest absolute Gasteiger partial charge is 0.497 e. The molecular weight excluding hydrogens is 352 g/mol. The quantitative estimate of drug-likeness (QED) is 0.779. The number of hydrogen-bond donors (Lipinski definition) is 1. The van der Waals surface area contributed by atoms with E-state index in [1.54, 1.807) is 19.1 Å². The fourth-order valence-electron chi connectivity index (χ4n) is 4.15. The number of benzene rings is 2. The molecule has 0 spiro atoms. The predicted molar refractivity (Wildman–Crippen MR) is 112 cm³/mol. The van der Waals surface area contributed by atoms with Crippen molar-refractivity contribution in [1.29, 1.82) is 0 Å². The molecule has 0 unspecified atom stereocenters. The zero-order valence-corrected chi connectivity index (χ0v) is 17.5. The van der Waals surface area contributed by atoms with Crippen LogP contribution in [0.15, 0.2) is 30.3 Å². The highest BCUT2D eigenvalue weighted by atomic mass is 16.5. The number of hydrogen-bond acceptors (Lipinski definition) is 4. The second-order valence-corrected chi connectivity index (χ2v) is 7.59. The minimum absolute atomic E-state index is 0.350. The molecule has 0 saturated carbocycles. The minimum atomic E-state index is 0.350. The molecule has 0 amide bonds. The first-order chi connectivity index (χ1) is 13.5. The molecule has 1 N–H and O–H groups in total. The molecule has 5 nitrogen and oxygen atoms in total. The van der Waals surface area contributed by atoms with E-state index in [0.29, 0.717) is 6.04 Å². The number of aryl methyl sites for hydroxylation is 2. The molecule has 2 aromatic carbocycles. The van der Waals surface area contributed by atoms with E-state index in [1.807, 2.05) is 25.1 Å². The molecule has 0 aromatic heterocycles. The summed E-state index contributed by atoms with van der Waals surface area (Å²) in [4.78, 5) is 15.2. The number of quaternary nitrogens is 1. The summed E-state index contributed by atoms with van der Waals surface area (Å²) in [5.41, 5.74) is 5.46. The Bertz CT molecular complexity index is 842. The van der Waals surface area contributed by atoms with Gasteiger partial charge in [-0.05, 0) is 56.2 Å². The summed E-state index contributed by atoms with van der Waals surface area (Å²) in [5.74, 6) is 1.70. The first kappa shape index (κ1) is 20.2. The maximum atomic E-state index is 11.2. The van der Waals surface area contributed by atoms with Gasteiger partial charge in [-0.15, -0.1) is 0 Å². The molecule has 150 valence electrons. The van der Waals surface area contributed by atoms with Gasteiger partial charge >= 0.3 is 0 Å². The second-order valence-electron chi connectivity index (χ2n) is 7.59. The number of carbonyl (C=O) groups excluding carboxylic acids is 1. The van der Waals surface area contributed by atoms with Crippen molar-refractivity contribution in [2.45, 2.75) is 26.8 Å². The minimum Gasteiger partial charge on any atom is -0.497 e. The van der Waals surface area contributed by atoms with Gasteiger partial charge in [0, 0.05) is 17.3 Å². The maximum absolute atomic E-state index is 11.2. The number of rotatable bonds is 6. The van der Waals surface area contributed by atoms with Crippen LogP contribution >= 0.6 is 0 Å². The number of nitrogens with one attached hydrogen (secondary N) is 1. The third-order valence-corrected chi connectivity index (χ3v) is 5.98. The Morgan fingerprint density at radius 2 is 1.75 bits per heavy atom. The number of methoxy groups -OCH3 is 2. The summed E-state index contributed by atoms with van der Waals surface area (Å²) in [6, 6.07) is 10.6. The molecule has 1 aliphatic heterocycles. The summed E-state index contributed by atoms with van der Waals surface area (Å²) in [5, 5.41) is 0. The van der Waals surface area contributed by atoms with Gasteiger partial charge in [0.2, 0.25) is 0 Å². The summed E-state index contributed by atoms with van der Waals surface area (Å²) in [6.45, 7) is 10.5. The summed E-state index contributed by atoms with van der Waals surface area (Å²) >= 11 is 0. The molecule has 5 heteroatoms. The molecule has 1 saturated heterocycles. The van der Waals surface area contributed by atoms with Gasteiger partial charge in [0.25, 0.3) is 0 Å². The SMILES string of the molecule is COc1ccc([C@H](C)[NH+]2CCN(c3cc(C)c(C=O)cc3C)CC2)c(OC)c1. The summed E-state index contributed by atoms with van der Waals surface area (Å²) < 4.78 is 10.9. The molecule has 1 fully saturated rings. The van der Waals surface area contributed by atoms with Crippen LogP contribution in [0.2, 0.25) is 0 Å². The average Bonchev–Trinajstić information content (AvgIpc) is 2.74. The molecule has 2 aromatic rings. The number of piperazine rings is 1. The smallest absolute Gasteiger partial charge is 0.150 e. The number of ether oxygens (including phenoxy) is 2.